The van der Waals surface area contributed by atoms with Crippen molar-refractivity contribution in [1.82, 2.24) is 9.62 Å². The van der Waals surface area contributed by atoms with Crippen molar-refractivity contribution >= 4 is 39.1 Å². The number of hydrogen-bond donors (Lipinski definition) is 1. The van der Waals surface area contributed by atoms with E-state index >= 15 is 0 Å². The van der Waals surface area contributed by atoms with Gasteiger partial charge in [0.1, 0.15) is 5.75 Å². The molecular weight excluding hydrogens is 483 g/mol. The molecule has 0 spiro atoms. The summed E-state index contributed by atoms with van der Waals surface area (Å²) in [5, 5.41) is 3.76. The second kappa shape index (κ2) is 11.0. The number of nitrogens with one attached hydrogen (secondary N) is 1. The Morgan fingerprint density at radius 1 is 1.00 bits per heavy atom. The molecule has 33 heavy (non-hydrogen) atoms. The third-order valence-corrected chi connectivity index (χ3v) is 7.31. The molecule has 3 aromatic carbocycles. The van der Waals surface area contributed by atoms with Gasteiger partial charge in [0.25, 0.3) is 0 Å². The van der Waals surface area contributed by atoms with Gasteiger partial charge in [0, 0.05) is 16.6 Å². The molecule has 174 valence electrons. The number of carbonyl (C=O) groups excluding carboxylic acids is 1. The van der Waals surface area contributed by atoms with E-state index in [-0.39, 0.29) is 24.0 Å². The Labute approximate surface area is 204 Å². The van der Waals surface area contributed by atoms with Crippen molar-refractivity contribution in [2.75, 3.05) is 13.7 Å². The fourth-order valence-electron chi connectivity index (χ4n) is 3.24. The zero-order chi connectivity index (χ0) is 24.0. The number of nitrogens with zero attached hydrogens (tertiary/aromatic N) is 1. The molecule has 0 bridgehead atoms. The van der Waals surface area contributed by atoms with E-state index in [2.05, 4.69) is 5.32 Å². The van der Waals surface area contributed by atoms with Crippen LogP contribution < -0.4 is 10.1 Å². The normalized spacial score (nSPS) is 12.4. The molecule has 1 N–H and O–H groups in total. The fraction of sp³-hybridized carbons (Fsp3) is 0.208. The highest BCUT2D eigenvalue weighted by molar-refractivity contribution is 7.89. The predicted octanol–water partition coefficient (Wildman–Crippen LogP) is 5.07. The summed E-state index contributed by atoms with van der Waals surface area (Å²) in [7, 11) is -2.40. The number of sulfonamides is 1. The molecule has 3 aromatic rings. The molecular formula is C24H24Cl2N2O4S. The molecule has 0 aliphatic heterocycles. The van der Waals surface area contributed by atoms with Gasteiger partial charge in [-0.05, 0) is 66.6 Å². The topological polar surface area (TPSA) is 75.7 Å². The molecule has 1 unspecified atom stereocenters. The van der Waals surface area contributed by atoms with Gasteiger partial charge in [0.2, 0.25) is 15.9 Å². The molecule has 0 aromatic heterocycles. The Kier molecular flexibility index (Phi) is 8.37. The minimum absolute atomic E-state index is 0.0180. The van der Waals surface area contributed by atoms with Crippen molar-refractivity contribution in [1.29, 1.82) is 0 Å². The summed E-state index contributed by atoms with van der Waals surface area (Å²) in [6.45, 7) is 1.45. The SMILES string of the molecule is COc1ccc(C(C)NC(=O)CN(Cc2cccc(Cl)c2)S(=O)(=O)c2ccc(Cl)cc2)cc1. The van der Waals surface area contributed by atoms with Crippen molar-refractivity contribution in [3.05, 3.63) is 94.0 Å². The molecule has 0 heterocycles. The van der Waals surface area contributed by atoms with Crippen LogP contribution in [0.25, 0.3) is 0 Å². The molecule has 3 rings (SSSR count). The number of hydrogen-bond acceptors (Lipinski definition) is 4. The maximum absolute atomic E-state index is 13.4. The predicted molar refractivity (Wildman–Crippen MR) is 130 cm³/mol. The summed E-state index contributed by atoms with van der Waals surface area (Å²) < 4.78 is 33.0. The summed E-state index contributed by atoms with van der Waals surface area (Å²) in [6, 6.07) is 19.7. The average molecular weight is 507 g/mol. The van der Waals surface area contributed by atoms with Gasteiger partial charge < -0.3 is 10.1 Å². The highest BCUT2D eigenvalue weighted by atomic mass is 35.5. The quantitative estimate of drug-likeness (QED) is 0.439. The third-order valence-electron chi connectivity index (χ3n) is 5.01. The largest absolute Gasteiger partial charge is 0.497 e. The summed E-state index contributed by atoms with van der Waals surface area (Å²) in [4.78, 5) is 12.9. The van der Waals surface area contributed by atoms with Gasteiger partial charge in [-0.2, -0.15) is 4.31 Å². The van der Waals surface area contributed by atoms with Crippen molar-refractivity contribution in [3.8, 4) is 5.75 Å². The highest BCUT2D eigenvalue weighted by Crippen LogP contribution is 2.22. The fourth-order valence-corrected chi connectivity index (χ4v) is 4.97. The van der Waals surface area contributed by atoms with Crippen LogP contribution in [-0.2, 0) is 21.4 Å². The number of carbonyl (C=O) groups is 1. The van der Waals surface area contributed by atoms with E-state index in [1.807, 2.05) is 19.1 Å². The van der Waals surface area contributed by atoms with E-state index in [0.717, 1.165) is 9.87 Å². The van der Waals surface area contributed by atoms with Crippen LogP contribution in [-0.4, -0.2) is 32.3 Å². The second-order valence-corrected chi connectivity index (χ2v) is 10.2. The summed E-state index contributed by atoms with van der Waals surface area (Å²) in [5.41, 5.74) is 1.53. The average Bonchev–Trinajstić information content (AvgIpc) is 2.79. The van der Waals surface area contributed by atoms with Gasteiger partial charge in [0.05, 0.1) is 24.6 Å². The zero-order valence-corrected chi connectivity index (χ0v) is 20.5. The number of ether oxygens (including phenoxy) is 1. The number of benzene rings is 3. The van der Waals surface area contributed by atoms with E-state index in [1.54, 1.807) is 43.5 Å². The Morgan fingerprint density at radius 2 is 1.67 bits per heavy atom. The van der Waals surface area contributed by atoms with Crippen molar-refractivity contribution in [2.45, 2.75) is 24.4 Å². The summed E-state index contributed by atoms with van der Waals surface area (Å²) in [5.74, 6) is 0.275. The van der Waals surface area contributed by atoms with Crippen LogP contribution in [0.2, 0.25) is 10.0 Å². The minimum atomic E-state index is -3.98. The van der Waals surface area contributed by atoms with E-state index < -0.39 is 15.9 Å². The highest BCUT2D eigenvalue weighted by Gasteiger charge is 2.27. The van der Waals surface area contributed by atoms with Crippen LogP contribution in [0.5, 0.6) is 5.75 Å². The van der Waals surface area contributed by atoms with Gasteiger partial charge in [-0.1, -0.05) is 47.5 Å². The van der Waals surface area contributed by atoms with Gasteiger partial charge in [-0.25, -0.2) is 8.42 Å². The Bertz CT molecular complexity index is 1200. The molecule has 0 fully saturated rings. The molecule has 6 nitrogen and oxygen atoms in total. The number of halogens is 2. The maximum Gasteiger partial charge on any atom is 0.243 e. The van der Waals surface area contributed by atoms with Crippen LogP contribution in [0.15, 0.2) is 77.7 Å². The Hall–Kier alpha value is -2.58. The Morgan fingerprint density at radius 3 is 2.27 bits per heavy atom. The van der Waals surface area contributed by atoms with Gasteiger partial charge >= 0.3 is 0 Å². The molecule has 0 saturated heterocycles. The van der Waals surface area contributed by atoms with Crippen LogP contribution in [0, 0.1) is 0 Å². The maximum atomic E-state index is 13.4. The summed E-state index contributed by atoms with van der Waals surface area (Å²) >= 11 is 12.0. The van der Waals surface area contributed by atoms with Crippen LogP contribution >= 0.6 is 23.2 Å². The number of methoxy groups -OCH3 is 1. The minimum Gasteiger partial charge on any atom is -0.497 e. The first-order valence-corrected chi connectivity index (χ1v) is 12.3. The number of rotatable bonds is 9. The molecule has 9 heteroatoms. The van der Waals surface area contributed by atoms with Crippen LogP contribution in [0.4, 0.5) is 0 Å². The lowest BCUT2D eigenvalue weighted by Gasteiger charge is -2.23. The van der Waals surface area contributed by atoms with E-state index in [9.17, 15) is 13.2 Å². The standard InChI is InChI=1S/C24H24Cl2N2O4S/c1-17(19-6-10-22(32-2)11-7-19)27-24(29)16-28(15-18-4-3-5-21(26)14-18)33(30,31)23-12-8-20(25)9-13-23/h3-14,17H,15-16H2,1-2H3,(H,27,29). The molecule has 0 radical (unpaired) electrons. The van der Waals surface area contributed by atoms with Crippen molar-refractivity contribution in [3.63, 3.8) is 0 Å². The summed E-state index contributed by atoms with van der Waals surface area (Å²) in [6.07, 6.45) is 0. The van der Waals surface area contributed by atoms with Crippen molar-refractivity contribution in [2.24, 2.45) is 0 Å². The van der Waals surface area contributed by atoms with E-state index in [1.165, 1.54) is 24.3 Å². The number of amides is 1. The molecule has 1 amide bonds. The first kappa shape index (κ1) is 25.1. The zero-order valence-electron chi connectivity index (χ0n) is 18.2. The van der Waals surface area contributed by atoms with Crippen LogP contribution in [0.3, 0.4) is 0 Å². The van der Waals surface area contributed by atoms with Crippen LogP contribution in [0.1, 0.15) is 24.1 Å². The van der Waals surface area contributed by atoms with Crippen molar-refractivity contribution < 1.29 is 17.9 Å². The Balaban J connectivity index is 1.82. The molecule has 1 atom stereocenters. The smallest absolute Gasteiger partial charge is 0.243 e. The van der Waals surface area contributed by atoms with Gasteiger partial charge in [-0.3, -0.25) is 4.79 Å². The lowest BCUT2D eigenvalue weighted by Crippen LogP contribution is -2.41. The lowest BCUT2D eigenvalue weighted by atomic mass is 10.1. The first-order valence-electron chi connectivity index (χ1n) is 10.1. The van der Waals surface area contributed by atoms with E-state index in [0.29, 0.717) is 21.4 Å². The lowest BCUT2D eigenvalue weighted by molar-refractivity contribution is -0.122. The molecule has 0 saturated carbocycles. The van der Waals surface area contributed by atoms with Gasteiger partial charge in [0.15, 0.2) is 0 Å². The molecule has 0 aliphatic rings. The third kappa shape index (κ3) is 6.71. The van der Waals surface area contributed by atoms with E-state index in [4.69, 9.17) is 27.9 Å². The second-order valence-electron chi connectivity index (χ2n) is 7.42. The first-order chi connectivity index (χ1) is 15.7. The molecule has 0 aliphatic carbocycles. The van der Waals surface area contributed by atoms with Gasteiger partial charge in [-0.15, -0.1) is 0 Å². The monoisotopic (exact) mass is 506 g/mol.